The van der Waals surface area contributed by atoms with E-state index < -0.39 is 0 Å². The van der Waals surface area contributed by atoms with Crippen molar-refractivity contribution in [2.75, 3.05) is 5.32 Å². The summed E-state index contributed by atoms with van der Waals surface area (Å²) in [5, 5.41) is 16.6. The normalized spacial score (nSPS) is 11.3. The van der Waals surface area contributed by atoms with Gasteiger partial charge in [-0.3, -0.25) is 19.9 Å². The molecule has 1 amide bonds. The zero-order valence-corrected chi connectivity index (χ0v) is 20.7. The number of benzene rings is 1. The Hall–Kier alpha value is -5.15. The number of hydrogen-bond acceptors (Lipinski definition) is 6. The number of H-pyrrole nitrogens is 2. The van der Waals surface area contributed by atoms with Crippen molar-refractivity contribution in [2.24, 2.45) is 0 Å². The number of aromatic nitrogens is 6. The van der Waals surface area contributed by atoms with Crippen LogP contribution in [0, 0.1) is 0 Å². The second-order valence-corrected chi connectivity index (χ2v) is 9.57. The summed E-state index contributed by atoms with van der Waals surface area (Å²) < 4.78 is 0. The number of aromatic amines is 2. The molecule has 1 aromatic carbocycles. The van der Waals surface area contributed by atoms with Crippen LogP contribution in [0.5, 0.6) is 0 Å². The fourth-order valence-corrected chi connectivity index (χ4v) is 5.18. The van der Waals surface area contributed by atoms with Crippen LogP contribution in [0.25, 0.3) is 55.7 Å². The summed E-state index contributed by atoms with van der Waals surface area (Å²) in [4.78, 5) is 29.7. The van der Waals surface area contributed by atoms with Crippen molar-refractivity contribution in [3.05, 3.63) is 102 Å². The Balaban J connectivity index is 1.25. The summed E-state index contributed by atoms with van der Waals surface area (Å²) in [5.41, 5.74) is 8.22. The second kappa shape index (κ2) is 9.06. The summed E-state index contributed by atoms with van der Waals surface area (Å²) in [7, 11) is 0. The number of fused-ring (bicyclic) bond motifs is 2. The van der Waals surface area contributed by atoms with Crippen LogP contribution in [0.4, 0.5) is 5.69 Å². The van der Waals surface area contributed by atoms with Gasteiger partial charge in [0.05, 0.1) is 23.3 Å². The van der Waals surface area contributed by atoms with Crippen LogP contribution in [-0.4, -0.2) is 36.0 Å². The van der Waals surface area contributed by atoms with Crippen LogP contribution >= 0.6 is 11.3 Å². The van der Waals surface area contributed by atoms with E-state index in [0.29, 0.717) is 16.9 Å². The van der Waals surface area contributed by atoms with Gasteiger partial charge in [0.1, 0.15) is 5.69 Å². The van der Waals surface area contributed by atoms with E-state index in [1.807, 2.05) is 42.6 Å². The van der Waals surface area contributed by atoms with Gasteiger partial charge in [-0.25, -0.2) is 4.98 Å². The monoisotopic (exact) mass is 513 g/mol. The molecule has 0 aliphatic heterocycles. The molecule has 182 valence electrons. The molecule has 0 spiro atoms. The van der Waals surface area contributed by atoms with E-state index in [0.717, 1.165) is 50.1 Å². The number of thiophene rings is 1. The molecule has 6 aromatic heterocycles. The minimum atomic E-state index is -0.189. The number of nitrogens with one attached hydrogen (secondary N) is 3. The Morgan fingerprint density at radius 2 is 1.74 bits per heavy atom. The van der Waals surface area contributed by atoms with Gasteiger partial charge < -0.3 is 10.3 Å². The summed E-state index contributed by atoms with van der Waals surface area (Å²) in [5.74, 6) is -0.189. The molecule has 0 fully saturated rings. The second-order valence-electron chi connectivity index (χ2n) is 8.79. The van der Waals surface area contributed by atoms with Gasteiger partial charge in [0.15, 0.2) is 5.65 Å². The first kappa shape index (κ1) is 22.1. The van der Waals surface area contributed by atoms with Gasteiger partial charge in [-0.05, 0) is 47.8 Å². The van der Waals surface area contributed by atoms with Crippen LogP contribution < -0.4 is 5.32 Å². The maximum atomic E-state index is 12.6. The highest BCUT2D eigenvalue weighted by Crippen LogP contribution is 2.34. The predicted molar refractivity (Wildman–Crippen MR) is 150 cm³/mol. The van der Waals surface area contributed by atoms with E-state index in [4.69, 9.17) is 0 Å². The number of amides is 1. The third-order valence-electron chi connectivity index (χ3n) is 6.38. The molecule has 0 aliphatic carbocycles. The summed E-state index contributed by atoms with van der Waals surface area (Å²) >= 11 is 1.65. The highest BCUT2D eigenvalue weighted by atomic mass is 32.1. The standard InChI is InChI=1S/C29H19N7OS/c37-29(17-4-2-1-3-5-17)33-21-10-19(13-30-15-21)20-11-23-27(35-36-28(23)32-14-20)25-12-22-24(34-25)6-8-31-26(22)18-7-9-38-16-18/h1-16,34H,(H,33,37)(H,32,35,36). The number of nitrogens with zero attached hydrogens (tertiary/aromatic N) is 4. The smallest absolute Gasteiger partial charge is 0.255 e. The summed E-state index contributed by atoms with van der Waals surface area (Å²) in [6.45, 7) is 0. The molecular formula is C29H19N7OS. The molecule has 7 rings (SSSR count). The van der Waals surface area contributed by atoms with Gasteiger partial charge in [0, 0.05) is 62.5 Å². The molecule has 0 bridgehead atoms. The number of hydrogen-bond donors (Lipinski definition) is 3. The molecule has 8 nitrogen and oxygen atoms in total. The summed E-state index contributed by atoms with van der Waals surface area (Å²) in [6.07, 6.45) is 6.97. The lowest BCUT2D eigenvalue weighted by atomic mass is 10.1. The Kier molecular flexibility index (Phi) is 5.26. The first-order valence-corrected chi connectivity index (χ1v) is 12.8. The largest absolute Gasteiger partial charge is 0.353 e. The molecule has 0 saturated heterocycles. The van der Waals surface area contributed by atoms with Crippen molar-refractivity contribution in [3.8, 4) is 33.8 Å². The molecular weight excluding hydrogens is 494 g/mol. The fourth-order valence-electron chi connectivity index (χ4n) is 4.54. The number of carbonyl (C=O) groups is 1. The molecule has 6 heterocycles. The van der Waals surface area contributed by atoms with Gasteiger partial charge in [0.25, 0.3) is 5.91 Å². The van der Waals surface area contributed by atoms with E-state index in [2.05, 4.69) is 58.3 Å². The first-order valence-electron chi connectivity index (χ1n) is 11.9. The lowest BCUT2D eigenvalue weighted by Gasteiger charge is -2.07. The Morgan fingerprint density at radius 1 is 0.842 bits per heavy atom. The van der Waals surface area contributed by atoms with E-state index in [1.165, 1.54) is 0 Å². The maximum absolute atomic E-state index is 12.6. The SMILES string of the molecule is O=C(Nc1cncc(-c2cnc3[nH]nc(-c4cc5c(-c6ccsc6)nccc5[nH]4)c3c2)c1)c1ccccc1. The highest BCUT2D eigenvalue weighted by molar-refractivity contribution is 7.08. The van der Waals surface area contributed by atoms with Crippen molar-refractivity contribution in [3.63, 3.8) is 0 Å². The molecule has 0 aliphatic rings. The Bertz CT molecular complexity index is 1920. The number of pyridine rings is 3. The molecule has 0 radical (unpaired) electrons. The molecule has 38 heavy (non-hydrogen) atoms. The van der Waals surface area contributed by atoms with Crippen LogP contribution in [0.1, 0.15) is 10.4 Å². The number of anilines is 1. The van der Waals surface area contributed by atoms with Crippen molar-refractivity contribution in [1.29, 1.82) is 0 Å². The average molecular weight is 514 g/mol. The molecule has 0 atom stereocenters. The minimum Gasteiger partial charge on any atom is -0.353 e. The van der Waals surface area contributed by atoms with Gasteiger partial charge in [-0.1, -0.05) is 18.2 Å². The van der Waals surface area contributed by atoms with Crippen LogP contribution in [0.15, 0.2) is 96.2 Å². The van der Waals surface area contributed by atoms with Gasteiger partial charge >= 0.3 is 0 Å². The Labute approximate surface area is 220 Å². The van der Waals surface area contributed by atoms with Gasteiger partial charge in [0.2, 0.25) is 0 Å². The van der Waals surface area contributed by atoms with Crippen molar-refractivity contribution in [1.82, 2.24) is 30.1 Å². The van der Waals surface area contributed by atoms with Gasteiger partial charge in [-0.2, -0.15) is 16.4 Å². The molecule has 0 unspecified atom stereocenters. The first-order chi connectivity index (χ1) is 18.7. The third-order valence-corrected chi connectivity index (χ3v) is 7.06. The van der Waals surface area contributed by atoms with E-state index >= 15 is 0 Å². The van der Waals surface area contributed by atoms with Crippen LogP contribution in [0.3, 0.4) is 0 Å². The molecule has 0 saturated carbocycles. The van der Waals surface area contributed by atoms with Crippen molar-refractivity contribution < 1.29 is 4.79 Å². The van der Waals surface area contributed by atoms with Crippen molar-refractivity contribution in [2.45, 2.75) is 0 Å². The average Bonchev–Trinajstić information content (AvgIpc) is 3.73. The zero-order chi connectivity index (χ0) is 25.5. The van der Waals surface area contributed by atoms with Crippen LogP contribution in [-0.2, 0) is 0 Å². The predicted octanol–water partition coefficient (Wildman–Crippen LogP) is 6.54. The lowest BCUT2D eigenvalue weighted by Crippen LogP contribution is -2.11. The number of carbonyl (C=O) groups excluding carboxylic acids is 1. The Morgan fingerprint density at radius 3 is 2.61 bits per heavy atom. The molecule has 9 heteroatoms. The number of rotatable bonds is 5. The highest BCUT2D eigenvalue weighted by Gasteiger charge is 2.16. The zero-order valence-electron chi connectivity index (χ0n) is 19.8. The fraction of sp³-hybridized carbons (Fsp3) is 0. The topological polar surface area (TPSA) is 112 Å². The molecule has 3 N–H and O–H groups in total. The minimum absolute atomic E-state index is 0.189. The van der Waals surface area contributed by atoms with E-state index in [1.54, 1.807) is 42.1 Å². The lowest BCUT2D eigenvalue weighted by molar-refractivity contribution is 0.102. The summed E-state index contributed by atoms with van der Waals surface area (Å²) in [6, 6.07) is 19.1. The third kappa shape index (κ3) is 3.91. The maximum Gasteiger partial charge on any atom is 0.255 e. The van der Waals surface area contributed by atoms with Crippen LogP contribution in [0.2, 0.25) is 0 Å². The quantitative estimate of drug-likeness (QED) is 0.242. The van der Waals surface area contributed by atoms with E-state index in [9.17, 15) is 4.79 Å². The van der Waals surface area contributed by atoms with Crippen molar-refractivity contribution >= 4 is 44.9 Å². The molecule has 7 aromatic rings. The van der Waals surface area contributed by atoms with Gasteiger partial charge in [-0.15, -0.1) is 0 Å². The van der Waals surface area contributed by atoms with E-state index in [-0.39, 0.29) is 5.91 Å².